The van der Waals surface area contributed by atoms with Crippen molar-refractivity contribution in [1.82, 2.24) is 0 Å². The van der Waals surface area contributed by atoms with Gasteiger partial charge in [0.2, 0.25) is 0 Å². The second kappa shape index (κ2) is 6.15. The average molecular weight is 266 g/mol. The fourth-order valence-corrected chi connectivity index (χ4v) is 1.65. The quantitative estimate of drug-likeness (QED) is 0.609. The van der Waals surface area contributed by atoms with Gasteiger partial charge in [-0.2, -0.15) is 13.2 Å². The lowest BCUT2D eigenvalue weighted by atomic mass is 10.1. The van der Waals surface area contributed by atoms with Crippen LogP contribution in [-0.2, 0) is 6.18 Å². The summed E-state index contributed by atoms with van der Waals surface area (Å²) in [5, 5.41) is 2.85. The minimum Gasteiger partial charge on any atom is -0.385 e. The van der Waals surface area contributed by atoms with Crippen molar-refractivity contribution in [3.05, 3.63) is 29.8 Å². The lowest BCUT2D eigenvalue weighted by molar-refractivity contribution is -0.136. The van der Waals surface area contributed by atoms with Gasteiger partial charge in [-0.15, -0.1) is 11.6 Å². The highest BCUT2D eigenvalue weighted by Gasteiger charge is 2.32. The Morgan fingerprint density at radius 2 is 1.94 bits per heavy atom. The van der Waals surface area contributed by atoms with Crippen LogP contribution in [0, 0.1) is 0 Å². The normalized spacial score (nSPS) is 13.5. The molecule has 1 aromatic carbocycles. The number of anilines is 1. The first-order valence-corrected chi connectivity index (χ1v) is 5.89. The minimum atomic E-state index is -4.32. The Bertz CT molecular complexity index is 350. The predicted octanol–water partition coefficient (Wildman–Crippen LogP) is 4.52. The number of para-hydroxylation sites is 1. The van der Waals surface area contributed by atoms with Gasteiger partial charge in [0.1, 0.15) is 0 Å². The molecule has 1 nitrogen and oxygen atoms in total. The van der Waals surface area contributed by atoms with Crippen molar-refractivity contribution in [3.8, 4) is 0 Å². The Balaban J connectivity index is 2.59. The summed E-state index contributed by atoms with van der Waals surface area (Å²) in [6, 6.07) is 5.48. The number of hydrogen-bond donors (Lipinski definition) is 1. The van der Waals surface area contributed by atoms with Crippen molar-refractivity contribution in [2.75, 3.05) is 11.9 Å². The number of nitrogens with one attached hydrogen (secondary N) is 1. The predicted molar refractivity (Wildman–Crippen MR) is 64.5 cm³/mol. The Hall–Kier alpha value is -0.900. The van der Waals surface area contributed by atoms with Crippen molar-refractivity contribution in [2.24, 2.45) is 0 Å². The van der Waals surface area contributed by atoms with Crippen molar-refractivity contribution >= 4 is 17.3 Å². The molecule has 1 aromatic rings. The maximum atomic E-state index is 12.6. The molecule has 0 spiro atoms. The summed E-state index contributed by atoms with van der Waals surface area (Å²) in [7, 11) is 0. The molecule has 0 saturated heterocycles. The fourth-order valence-electron chi connectivity index (χ4n) is 1.49. The maximum absolute atomic E-state index is 12.6. The number of hydrogen-bond acceptors (Lipinski definition) is 1. The van der Waals surface area contributed by atoms with Crippen LogP contribution in [-0.4, -0.2) is 11.9 Å². The van der Waals surface area contributed by atoms with Gasteiger partial charge in [-0.1, -0.05) is 12.1 Å². The van der Waals surface area contributed by atoms with Crippen LogP contribution in [0.2, 0.25) is 0 Å². The van der Waals surface area contributed by atoms with Crippen molar-refractivity contribution in [3.63, 3.8) is 0 Å². The van der Waals surface area contributed by atoms with Crippen LogP contribution in [0.4, 0.5) is 18.9 Å². The van der Waals surface area contributed by atoms with Crippen LogP contribution in [0.1, 0.15) is 25.3 Å². The Labute approximate surface area is 104 Å². The number of rotatable bonds is 5. The van der Waals surface area contributed by atoms with E-state index in [1.54, 1.807) is 6.07 Å². The van der Waals surface area contributed by atoms with Crippen molar-refractivity contribution in [1.29, 1.82) is 0 Å². The number of benzene rings is 1. The number of alkyl halides is 4. The summed E-state index contributed by atoms with van der Waals surface area (Å²) >= 11 is 5.76. The third-order valence-corrected chi connectivity index (χ3v) is 2.54. The summed E-state index contributed by atoms with van der Waals surface area (Å²) in [6.07, 6.45) is -2.79. The first-order chi connectivity index (χ1) is 7.91. The van der Waals surface area contributed by atoms with Crippen LogP contribution >= 0.6 is 11.6 Å². The molecule has 1 rings (SSSR count). The average Bonchev–Trinajstić information content (AvgIpc) is 2.23. The zero-order valence-electron chi connectivity index (χ0n) is 9.52. The van der Waals surface area contributed by atoms with E-state index in [0.717, 1.165) is 18.9 Å². The zero-order chi connectivity index (χ0) is 12.9. The molecule has 5 heteroatoms. The third-order valence-electron chi connectivity index (χ3n) is 2.33. The van der Waals surface area contributed by atoms with E-state index in [4.69, 9.17) is 11.6 Å². The third kappa shape index (κ3) is 4.86. The van der Waals surface area contributed by atoms with Gasteiger partial charge in [0.25, 0.3) is 0 Å². The molecule has 0 aliphatic rings. The smallest absolute Gasteiger partial charge is 0.385 e. The summed E-state index contributed by atoms with van der Waals surface area (Å²) in [5.74, 6) is 0. The van der Waals surface area contributed by atoms with Gasteiger partial charge in [0, 0.05) is 17.6 Å². The van der Waals surface area contributed by atoms with Gasteiger partial charge in [0.15, 0.2) is 0 Å². The molecule has 0 saturated carbocycles. The lowest BCUT2D eigenvalue weighted by Crippen LogP contribution is -2.11. The molecule has 0 aliphatic carbocycles. The highest BCUT2D eigenvalue weighted by molar-refractivity contribution is 6.20. The molecule has 0 amide bonds. The molecule has 1 N–H and O–H groups in total. The van der Waals surface area contributed by atoms with Crippen LogP contribution in [0.3, 0.4) is 0 Å². The van der Waals surface area contributed by atoms with E-state index in [2.05, 4.69) is 5.32 Å². The standard InChI is InChI=1S/C12H15ClF3N/c1-9(13)5-4-8-17-11-7-3-2-6-10(11)12(14,15)16/h2-3,6-7,9,17H,4-5,8H2,1H3. The Kier molecular flexibility index (Phi) is 5.12. The lowest BCUT2D eigenvalue weighted by Gasteiger charge is -2.14. The topological polar surface area (TPSA) is 12.0 Å². The van der Waals surface area contributed by atoms with Crippen LogP contribution in [0.5, 0.6) is 0 Å². The maximum Gasteiger partial charge on any atom is 0.418 e. The van der Waals surface area contributed by atoms with E-state index in [1.165, 1.54) is 12.1 Å². The number of halogens is 4. The molecule has 0 bridgehead atoms. The molecule has 1 atom stereocenters. The van der Waals surface area contributed by atoms with E-state index >= 15 is 0 Å². The summed E-state index contributed by atoms with van der Waals surface area (Å²) in [6.45, 7) is 2.36. The van der Waals surface area contributed by atoms with Crippen LogP contribution in [0.25, 0.3) is 0 Å². The SMILES string of the molecule is CC(Cl)CCCNc1ccccc1C(F)(F)F. The second-order valence-corrected chi connectivity index (χ2v) is 4.64. The fraction of sp³-hybridized carbons (Fsp3) is 0.500. The summed E-state index contributed by atoms with van der Waals surface area (Å²) in [4.78, 5) is 0. The Morgan fingerprint density at radius 3 is 2.53 bits per heavy atom. The highest BCUT2D eigenvalue weighted by Crippen LogP contribution is 2.34. The highest BCUT2D eigenvalue weighted by atomic mass is 35.5. The zero-order valence-corrected chi connectivity index (χ0v) is 10.3. The molecule has 96 valence electrons. The van der Waals surface area contributed by atoms with Gasteiger partial charge in [-0.25, -0.2) is 0 Å². The molecular formula is C12H15ClF3N. The minimum absolute atomic E-state index is 0.0506. The van der Waals surface area contributed by atoms with E-state index in [9.17, 15) is 13.2 Å². The first-order valence-electron chi connectivity index (χ1n) is 5.45. The molecule has 17 heavy (non-hydrogen) atoms. The van der Waals surface area contributed by atoms with Crippen molar-refractivity contribution < 1.29 is 13.2 Å². The summed E-state index contributed by atoms with van der Waals surface area (Å²) in [5.41, 5.74) is -0.499. The molecule has 1 unspecified atom stereocenters. The van der Waals surface area contributed by atoms with Gasteiger partial charge in [0.05, 0.1) is 5.56 Å². The molecule has 0 aromatic heterocycles. The summed E-state index contributed by atoms with van der Waals surface area (Å²) < 4.78 is 37.9. The van der Waals surface area contributed by atoms with E-state index in [-0.39, 0.29) is 11.1 Å². The van der Waals surface area contributed by atoms with Gasteiger partial charge < -0.3 is 5.32 Å². The van der Waals surface area contributed by atoms with Gasteiger partial charge in [-0.05, 0) is 31.9 Å². The van der Waals surface area contributed by atoms with E-state index < -0.39 is 11.7 Å². The van der Waals surface area contributed by atoms with E-state index in [1.807, 2.05) is 6.92 Å². The molecule has 0 fully saturated rings. The van der Waals surface area contributed by atoms with Crippen LogP contribution in [0.15, 0.2) is 24.3 Å². The van der Waals surface area contributed by atoms with Gasteiger partial charge in [-0.3, -0.25) is 0 Å². The molecular weight excluding hydrogens is 251 g/mol. The monoisotopic (exact) mass is 265 g/mol. The first kappa shape index (κ1) is 14.2. The van der Waals surface area contributed by atoms with Crippen LogP contribution < -0.4 is 5.32 Å². The largest absolute Gasteiger partial charge is 0.418 e. The second-order valence-electron chi connectivity index (χ2n) is 3.89. The van der Waals surface area contributed by atoms with E-state index in [0.29, 0.717) is 6.54 Å². The molecule has 0 heterocycles. The molecule has 0 radical (unpaired) electrons. The Morgan fingerprint density at radius 1 is 1.29 bits per heavy atom. The molecule has 0 aliphatic heterocycles. The van der Waals surface area contributed by atoms with Crippen molar-refractivity contribution in [2.45, 2.75) is 31.3 Å². The van der Waals surface area contributed by atoms with Gasteiger partial charge >= 0.3 is 6.18 Å².